The molecule has 0 heterocycles. The van der Waals surface area contributed by atoms with Crippen LogP contribution in [-0.2, 0) is 0 Å². The number of rotatable bonds is 6. The molecule has 2 aromatic carbocycles. The number of carbonyl (C=O) groups is 1. The van der Waals surface area contributed by atoms with Crippen LogP contribution >= 0.6 is 34.2 Å². The molecule has 7 heteroatoms. The summed E-state index contributed by atoms with van der Waals surface area (Å²) in [6.07, 6.45) is 0. The van der Waals surface area contributed by atoms with Crippen molar-refractivity contribution in [2.75, 3.05) is 21.3 Å². The van der Waals surface area contributed by atoms with E-state index in [4.69, 9.17) is 25.8 Å². The standard InChI is InChI=1S/C18H19ClINO4/c1-10(21-18(22)11-5-6-13(19)14(20)7-11)12-8-15(23-2)17(25-4)16(9-12)24-3/h5-10H,1-4H3,(H,21,22). The van der Waals surface area contributed by atoms with E-state index in [9.17, 15) is 4.79 Å². The molecule has 0 radical (unpaired) electrons. The van der Waals surface area contributed by atoms with Crippen molar-refractivity contribution in [1.29, 1.82) is 0 Å². The molecule has 25 heavy (non-hydrogen) atoms. The largest absolute Gasteiger partial charge is 0.493 e. The van der Waals surface area contributed by atoms with Crippen molar-refractivity contribution in [3.05, 3.63) is 50.1 Å². The van der Waals surface area contributed by atoms with E-state index in [-0.39, 0.29) is 11.9 Å². The average Bonchev–Trinajstić information content (AvgIpc) is 2.62. The van der Waals surface area contributed by atoms with Crippen molar-refractivity contribution in [2.24, 2.45) is 0 Å². The summed E-state index contributed by atoms with van der Waals surface area (Å²) in [5.74, 6) is 1.41. The summed E-state index contributed by atoms with van der Waals surface area (Å²) in [4.78, 5) is 12.5. The minimum absolute atomic E-state index is 0.184. The molecule has 1 unspecified atom stereocenters. The molecule has 1 amide bonds. The highest BCUT2D eigenvalue weighted by Gasteiger charge is 2.18. The fourth-order valence-electron chi connectivity index (χ4n) is 2.35. The molecule has 0 aromatic heterocycles. The lowest BCUT2D eigenvalue weighted by Crippen LogP contribution is -2.26. The highest BCUT2D eigenvalue weighted by Crippen LogP contribution is 2.39. The van der Waals surface area contributed by atoms with Crippen molar-refractivity contribution < 1.29 is 19.0 Å². The summed E-state index contributed by atoms with van der Waals surface area (Å²) >= 11 is 8.10. The summed E-state index contributed by atoms with van der Waals surface area (Å²) in [6, 6.07) is 8.54. The van der Waals surface area contributed by atoms with Gasteiger partial charge >= 0.3 is 0 Å². The molecule has 0 fully saturated rings. The van der Waals surface area contributed by atoms with Gasteiger partial charge < -0.3 is 19.5 Å². The van der Waals surface area contributed by atoms with Gasteiger partial charge in [0.25, 0.3) is 5.91 Å². The van der Waals surface area contributed by atoms with Gasteiger partial charge in [0.15, 0.2) is 11.5 Å². The van der Waals surface area contributed by atoms with Crippen LogP contribution in [0.1, 0.15) is 28.9 Å². The van der Waals surface area contributed by atoms with E-state index >= 15 is 0 Å². The van der Waals surface area contributed by atoms with Crippen LogP contribution in [0.15, 0.2) is 30.3 Å². The maximum Gasteiger partial charge on any atom is 0.251 e. The number of hydrogen-bond acceptors (Lipinski definition) is 4. The number of hydrogen-bond donors (Lipinski definition) is 1. The fourth-order valence-corrected chi connectivity index (χ4v) is 2.98. The predicted molar refractivity (Wildman–Crippen MR) is 106 cm³/mol. The lowest BCUT2D eigenvalue weighted by atomic mass is 10.1. The summed E-state index contributed by atoms with van der Waals surface area (Å²) in [5, 5.41) is 3.58. The first kappa shape index (κ1) is 19.7. The summed E-state index contributed by atoms with van der Waals surface area (Å²) in [5.41, 5.74) is 1.39. The van der Waals surface area contributed by atoms with E-state index in [1.165, 1.54) is 0 Å². The first-order valence-electron chi connectivity index (χ1n) is 7.47. The van der Waals surface area contributed by atoms with Crippen LogP contribution in [0.4, 0.5) is 0 Å². The van der Waals surface area contributed by atoms with Crippen LogP contribution < -0.4 is 19.5 Å². The zero-order valence-corrected chi connectivity index (χ0v) is 17.3. The number of nitrogens with one attached hydrogen (secondary N) is 1. The third kappa shape index (κ3) is 4.49. The Kier molecular flexibility index (Phi) is 6.78. The Morgan fingerprint density at radius 2 is 1.68 bits per heavy atom. The minimum Gasteiger partial charge on any atom is -0.493 e. The Hall–Kier alpha value is -1.67. The quantitative estimate of drug-likeness (QED) is 0.627. The van der Waals surface area contributed by atoms with Crippen LogP contribution in [0, 0.1) is 3.57 Å². The molecule has 5 nitrogen and oxygen atoms in total. The Bertz CT molecular complexity index is 757. The molecule has 0 saturated carbocycles. The van der Waals surface area contributed by atoms with Crippen LogP contribution in [0.5, 0.6) is 17.2 Å². The van der Waals surface area contributed by atoms with E-state index in [1.807, 2.05) is 19.1 Å². The topological polar surface area (TPSA) is 56.8 Å². The fraction of sp³-hybridized carbons (Fsp3) is 0.278. The number of methoxy groups -OCH3 is 3. The van der Waals surface area contributed by atoms with Gasteiger partial charge in [-0.3, -0.25) is 4.79 Å². The van der Waals surface area contributed by atoms with Gasteiger partial charge in [-0.15, -0.1) is 0 Å². The maximum atomic E-state index is 12.5. The van der Waals surface area contributed by atoms with Crippen LogP contribution in [0.3, 0.4) is 0 Å². The van der Waals surface area contributed by atoms with Gasteiger partial charge in [-0.05, 0) is 65.4 Å². The van der Waals surface area contributed by atoms with Gasteiger partial charge in [0.05, 0.1) is 32.4 Å². The molecule has 0 saturated heterocycles. The van der Waals surface area contributed by atoms with Gasteiger partial charge in [-0.1, -0.05) is 11.6 Å². The van der Waals surface area contributed by atoms with E-state index in [0.29, 0.717) is 27.8 Å². The van der Waals surface area contributed by atoms with Crippen molar-refractivity contribution in [3.8, 4) is 17.2 Å². The maximum absolute atomic E-state index is 12.5. The Morgan fingerprint density at radius 3 is 2.16 bits per heavy atom. The lowest BCUT2D eigenvalue weighted by molar-refractivity contribution is 0.0939. The highest BCUT2D eigenvalue weighted by atomic mass is 127. The van der Waals surface area contributed by atoms with E-state index in [2.05, 4.69) is 27.9 Å². The predicted octanol–water partition coefficient (Wildman–Crippen LogP) is 4.46. The molecular formula is C18H19ClINO4. The molecule has 0 aliphatic rings. The van der Waals surface area contributed by atoms with Gasteiger partial charge in [0, 0.05) is 9.13 Å². The van der Waals surface area contributed by atoms with E-state index in [0.717, 1.165) is 9.13 Å². The van der Waals surface area contributed by atoms with Crippen molar-refractivity contribution in [3.63, 3.8) is 0 Å². The first-order chi connectivity index (χ1) is 11.9. The summed E-state index contributed by atoms with van der Waals surface area (Å²) in [6.45, 7) is 1.89. The third-order valence-corrected chi connectivity index (χ3v) is 5.26. The molecule has 2 rings (SSSR count). The number of carbonyl (C=O) groups excluding carboxylic acids is 1. The zero-order chi connectivity index (χ0) is 18.6. The molecule has 2 aromatic rings. The number of amides is 1. The Morgan fingerprint density at radius 1 is 1.08 bits per heavy atom. The molecular weight excluding hydrogens is 457 g/mol. The number of benzene rings is 2. The Balaban J connectivity index is 2.26. The molecule has 134 valence electrons. The summed E-state index contributed by atoms with van der Waals surface area (Å²) in [7, 11) is 4.66. The molecule has 0 spiro atoms. The molecule has 1 atom stereocenters. The minimum atomic E-state index is -0.255. The van der Waals surface area contributed by atoms with Crippen LogP contribution in [-0.4, -0.2) is 27.2 Å². The monoisotopic (exact) mass is 475 g/mol. The van der Waals surface area contributed by atoms with Gasteiger partial charge in [0.2, 0.25) is 5.75 Å². The lowest BCUT2D eigenvalue weighted by Gasteiger charge is -2.19. The third-order valence-electron chi connectivity index (χ3n) is 3.72. The smallest absolute Gasteiger partial charge is 0.251 e. The average molecular weight is 476 g/mol. The molecule has 1 N–H and O–H groups in total. The second-order valence-corrected chi connectivity index (χ2v) is 6.85. The molecule has 0 aliphatic carbocycles. The van der Waals surface area contributed by atoms with Crippen LogP contribution in [0.25, 0.3) is 0 Å². The van der Waals surface area contributed by atoms with Crippen molar-refractivity contribution in [2.45, 2.75) is 13.0 Å². The van der Waals surface area contributed by atoms with Gasteiger partial charge in [-0.2, -0.15) is 0 Å². The molecule has 0 bridgehead atoms. The SMILES string of the molecule is COc1cc(C(C)NC(=O)c2ccc(Cl)c(I)c2)cc(OC)c1OC. The number of ether oxygens (including phenoxy) is 3. The van der Waals surface area contributed by atoms with Crippen molar-refractivity contribution in [1.82, 2.24) is 5.32 Å². The molecule has 0 aliphatic heterocycles. The second kappa shape index (κ2) is 8.62. The van der Waals surface area contributed by atoms with E-state index in [1.54, 1.807) is 39.5 Å². The number of halogens is 2. The van der Waals surface area contributed by atoms with Crippen molar-refractivity contribution >= 4 is 40.1 Å². The first-order valence-corrected chi connectivity index (χ1v) is 8.92. The van der Waals surface area contributed by atoms with E-state index < -0.39 is 0 Å². The zero-order valence-electron chi connectivity index (χ0n) is 14.4. The second-order valence-electron chi connectivity index (χ2n) is 5.28. The van der Waals surface area contributed by atoms with Gasteiger partial charge in [0.1, 0.15) is 0 Å². The highest BCUT2D eigenvalue weighted by molar-refractivity contribution is 14.1. The van der Waals surface area contributed by atoms with Crippen LogP contribution in [0.2, 0.25) is 5.02 Å². The Labute approximate surface area is 165 Å². The summed E-state index contributed by atoms with van der Waals surface area (Å²) < 4.78 is 16.9. The van der Waals surface area contributed by atoms with Gasteiger partial charge in [-0.25, -0.2) is 0 Å². The normalized spacial score (nSPS) is 11.6.